The van der Waals surface area contributed by atoms with Crippen LogP contribution in [0.1, 0.15) is 57.4 Å². The van der Waals surface area contributed by atoms with Gasteiger partial charge < -0.3 is 10.1 Å². The van der Waals surface area contributed by atoms with Crippen molar-refractivity contribution in [3.63, 3.8) is 0 Å². The van der Waals surface area contributed by atoms with Gasteiger partial charge in [0.15, 0.2) is 6.61 Å². The van der Waals surface area contributed by atoms with Crippen molar-refractivity contribution in [2.45, 2.75) is 57.9 Å². The molecule has 1 fully saturated rings. The molecule has 0 aromatic heterocycles. The van der Waals surface area contributed by atoms with E-state index in [1.54, 1.807) is 0 Å². The number of benzene rings is 1. The smallest absolute Gasteiger partial charge is 0.333 e. The fraction of sp³-hybridized carbons (Fsp3) is 0.556. The summed E-state index contributed by atoms with van der Waals surface area (Å²) in [7, 11) is 0. The van der Waals surface area contributed by atoms with Crippen LogP contribution in [0, 0.1) is 0 Å². The first-order valence-electron chi connectivity index (χ1n) is 8.73. The number of rotatable bonds is 5. The number of nitrogens with one attached hydrogen (secondary N) is 3. The molecule has 1 saturated carbocycles. The molecule has 1 aromatic rings. The van der Waals surface area contributed by atoms with Crippen LogP contribution in [0.5, 0.6) is 5.75 Å². The fourth-order valence-corrected chi connectivity index (χ4v) is 3.28. The number of hydrazine groups is 1. The molecule has 0 radical (unpaired) electrons. The maximum absolute atomic E-state index is 11.8. The Bertz CT molecular complexity index is 601. The molecule has 1 aliphatic carbocycles. The van der Waals surface area contributed by atoms with Crippen molar-refractivity contribution in [2.75, 3.05) is 6.61 Å². The van der Waals surface area contributed by atoms with E-state index in [1.807, 2.05) is 18.2 Å². The second-order valence-corrected chi connectivity index (χ2v) is 7.47. The first-order valence-corrected chi connectivity index (χ1v) is 9.52. The predicted molar refractivity (Wildman–Crippen MR) is 100 cm³/mol. The summed E-state index contributed by atoms with van der Waals surface area (Å²) in [6.07, 6.45) is 5.47. The average Bonchev–Trinajstić information content (AvgIpc) is 2.59. The zero-order valence-corrected chi connectivity index (χ0v) is 16.3. The van der Waals surface area contributed by atoms with Crippen LogP contribution in [0.25, 0.3) is 0 Å². The zero-order valence-electron chi connectivity index (χ0n) is 14.7. The van der Waals surface area contributed by atoms with E-state index in [9.17, 15) is 9.59 Å². The lowest BCUT2D eigenvalue weighted by Crippen LogP contribution is -2.51. The highest BCUT2D eigenvalue weighted by Crippen LogP contribution is 2.28. The minimum Gasteiger partial charge on any atom is -0.483 e. The van der Waals surface area contributed by atoms with Crippen LogP contribution in [0.15, 0.2) is 22.7 Å². The van der Waals surface area contributed by atoms with Gasteiger partial charge in [0.2, 0.25) is 0 Å². The van der Waals surface area contributed by atoms with Gasteiger partial charge in [-0.2, -0.15) is 0 Å². The van der Waals surface area contributed by atoms with E-state index < -0.39 is 5.91 Å². The number of urea groups is 1. The number of hydrogen-bond donors (Lipinski definition) is 3. The van der Waals surface area contributed by atoms with Crippen LogP contribution in [-0.4, -0.2) is 24.6 Å². The van der Waals surface area contributed by atoms with Crippen molar-refractivity contribution in [1.29, 1.82) is 0 Å². The van der Waals surface area contributed by atoms with E-state index in [0.29, 0.717) is 11.7 Å². The topological polar surface area (TPSA) is 79.5 Å². The number of hydrogen-bond acceptors (Lipinski definition) is 3. The molecule has 3 amide bonds. The van der Waals surface area contributed by atoms with Gasteiger partial charge in [0.25, 0.3) is 5.91 Å². The predicted octanol–water partition coefficient (Wildman–Crippen LogP) is 3.61. The molecule has 1 aromatic carbocycles. The largest absolute Gasteiger partial charge is 0.483 e. The molecule has 3 N–H and O–H groups in total. The van der Waals surface area contributed by atoms with Crippen LogP contribution in [0.3, 0.4) is 0 Å². The van der Waals surface area contributed by atoms with Crippen molar-refractivity contribution in [3.05, 3.63) is 28.2 Å². The van der Waals surface area contributed by atoms with Crippen molar-refractivity contribution < 1.29 is 14.3 Å². The van der Waals surface area contributed by atoms with Gasteiger partial charge in [-0.15, -0.1) is 0 Å². The Morgan fingerprint density at radius 2 is 1.92 bits per heavy atom. The highest BCUT2D eigenvalue weighted by atomic mass is 79.9. The van der Waals surface area contributed by atoms with E-state index in [-0.39, 0.29) is 18.7 Å². The number of carbonyl (C=O) groups is 2. The summed E-state index contributed by atoms with van der Waals surface area (Å²) < 4.78 is 6.29. The van der Waals surface area contributed by atoms with Gasteiger partial charge in [-0.25, -0.2) is 10.2 Å². The Hall–Kier alpha value is -1.76. The first kappa shape index (κ1) is 19.6. The molecule has 138 valence electrons. The van der Waals surface area contributed by atoms with E-state index >= 15 is 0 Å². The summed E-state index contributed by atoms with van der Waals surface area (Å²) in [6, 6.07) is 5.59. The SMILES string of the molecule is CC(C)c1ccc(OCC(=O)NNC(=O)NC2CCCCC2)c(Br)c1. The molecule has 0 aliphatic heterocycles. The van der Waals surface area contributed by atoms with Gasteiger partial charge in [-0.1, -0.05) is 39.2 Å². The van der Waals surface area contributed by atoms with Crippen LogP contribution in [0.4, 0.5) is 4.79 Å². The van der Waals surface area contributed by atoms with Gasteiger partial charge in [0, 0.05) is 6.04 Å². The van der Waals surface area contributed by atoms with E-state index in [1.165, 1.54) is 12.0 Å². The van der Waals surface area contributed by atoms with E-state index in [2.05, 4.69) is 45.9 Å². The number of carbonyl (C=O) groups excluding carboxylic acids is 2. The molecular weight excluding hydrogens is 386 g/mol. The number of amides is 3. The van der Waals surface area contributed by atoms with Crippen LogP contribution in [-0.2, 0) is 4.79 Å². The minimum absolute atomic E-state index is 0.177. The Morgan fingerprint density at radius 3 is 2.56 bits per heavy atom. The molecule has 0 bridgehead atoms. The molecule has 2 rings (SSSR count). The van der Waals surface area contributed by atoms with E-state index in [4.69, 9.17) is 4.74 Å². The Balaban J connectivity index is 1.70. The zero-order chi connectivity index (χ0) is 18.2. The molecule has 25 heavy (non-hydrogen) atoms. The lowest BCUT2D eigenvalue weighted by molar-refractivity contribution is -0.123. The summed E-state index contributed by atoms with van der Waals surface area (Å²) in [5.41, 5.74) is 5.90. The minimum atomic E-state index is -0.418. The molecule has 0 spiro atoms. The van der Waals surface area contributed by atoms with Crippen molar-refractivity contribution in [2.24, 2.45) is 0 Å². The van der Waals surface area contributed by atoms with Gasteiger partial charge in [-0.3, -0.25) is 10.2 Å². The molecule has 6 nitrogen and oxygen atoms in total. The second-order valence-electron chi connectivity index (χ2n) is 6.61. The summed E-state index contributed by atoms with van der Waals surface area (Å²) in [5, 5.41) is 2.86. The molecule has 0 unspecified atom stereocenters. The summed E-state index contributed by atoms with van der Waals surface area (Å²) in [5.74, 6) is 0.588. The Morgan fingerprint density at radius 1 is 1.20 bits per heavy atom. The molecule has 0 saturated heterocycles. The number of ether oxygens (including phenoxy) is 1. The summed E-state index contributed by atoms with van der Waals surface area (Å²) in [4.78, 5) is 23.6. The average molecular weight is 412 g/mol. The van der Waals surface area contributed by atoms with E-state index in [0.717, 1.165) is 30.2 Å². The Labute approximate surface area is 157 Å². The summed E-state index contributed by atoms with van der Waals surface area (Å²) in [6.45, 7) is 4.04. The third-order valence-corrected chi connectivity index (χ3v) is 4.86. The third kappa shape index (κ3) is 6.57. The van der Waals surface area contributed by atoms with Crippen LogP contribution in [0.2, 0.25) is 0 Å². The monoisotopic (exact) mass is 411 g/mol. The highest BCUT2D eigenvalue weighted by Gasteiger charge is 2.16. The molecule has 1 aliphatic rings. The van der Waals surface area contributed by atoms with Gasteiger partial charge >= 0.3 is 6.03 Å². The Kier molecular flexibility index (Phi) is 7.55. The third-order valence-electron chi connectivity index (χ3n) is 4.24. The second kappa shape index (κ2) is 9.65. The maximum atomic E-state index is 11.8. The quantitative estimate of drug-likeness (QED) is 0.647. The van der Waals surface area contributed by atoms with Crippen molar-refractivity contribution in [3.8, 4) is 5.75 Å². The van der Waals surface area contributed by atoms with Gasteiger partial charge in [-0.05, 0) is 52.4 Å². The maximum Gasteiger partial charge on any atom is 0.333 e. The molecule has 7 heteroatoms. The number of halogens is 1. The van der Waals surface area contributed by atoms with Crippen LogP contribution < -0.4 is 20.9 Å². The lowest BCUT2D eigenvalue weighted by atomic mass is 9.96. The van der Waals surface area contributed by atoms with Gasteiger partial charge in [0.1, 0.15) is 5.75 Å². The van der Waals surface area contributed by atoms with Crippen LogP contribution >= 0.6 is 15.9 Å². The normalized spacial score (nSPS) is 14.9. The fourth-order valence-electron chi connectivity index (χ4n) is 2.77. The lowest BCUT2D eigenvalue weighted by Gasteiger charge is -2.22. The summed E-state index contributed by atoms with van der Waals surface area (Å²) >= 11 is 3.45. The molecule has 0 heterocycles. The van der Waals surface area contributed by atoms with Gasteiger partial charge in [0.05, 0.1) is 4.47 Å². The standard InChI is InChI=1S/C18H26BrN3O3/c1-12(2)13-8-9-16(15(19)10-13)25-11-17(23)21-22-18(24)20-14-6-4-3-5-7-14/h8-10,12,14H,3-7,11H2,1-2H3,(H,21,23)(H2,20,22,24). The molecule has 0 atom stereocenters. The molecular formula is C18H26BrN3O3. The first-order chi connectivity index (χ1) is 12.0. The van der Waals surface area contributed by atoms with Crippen molar-refractivity contribution >= 4 is 27.9 Å². The highest BCUT2D eigenvalue weighted by molar-refractivity contribution is 9.10. The van der Waals surface area contributed by atoms with Crippen molar-refractivity contribution in [1.82, 2.24) is 16.2 Å².